The monoisotopic (exact) mass is 310 g/mol. The minimum Gasteiger partial charge on any atom is -0.0716 e. The second kappa shape index (κ2) is 9.14. The Hall–Kier alpha value is -0.260. The van der Waals surface area contributed by atoms with Gasteiger partial charge >= 0.3 is 0 Å². The van der Waals surface area contributed by atoms with E-state index in [1.807, 2.05) is 0 Å². The fourth-order valence-electron chi connectivity index (χ4n) is 2.40. The minimum atomic E-state index is 0.418. The molecule has 0 aromatic heterocycles. The molecule has 0 fully saturated rings. The van der Waals surface area contributed by atoms with E-state index in [4.69, 9.17) is 0 Å². The molecule has 0 aliphatic heterocycles. The summed E-state index contributed by atoms with van der Waals surface area (Å²) in [7, 11) is 0. The lowest BCUT2D eigenvalue weighted by molar-refractivity contribution is 0.0135. The highest BCUT2D eigenvalue weighted by atomic mass is 14.5. The standard InChI is InChI=1S/C12H26.C10H20/c1-9(2)11(5,6)12(7,8)10(3)4;1-7(2)9(5)10(6)8(3)4/h9-10H,1-8H3;7-8H,1-6H3/b;10-9-. The van der Waals surface area contributed by atoms with E-state index in [1.54, 1.807) is 11.1 Å². The predicted molar refractivity (Wildman–Crippen MR) is 105 cm³/mol. The molecule has 0 heterocycles. The van der Waals surface area contributed by atoms with Crippen LogP contribution in [0, 0.1) is 34.5 Å². The molecular weight excluding hydrogens is 264 g/mol. The molecule has 0 atom stereocenters. The van der Waals surface area contributed by atoms with E-state index in [0.29, 0.717) is 22.7 Å². The molecule has 0 aliphatic carbocycles. The summed E-state index contributed by atoms with van der Waals surface area (Å²) in [5, 5.41) is 0. The molecule has 0 nitrogen and oxygen atoms in total. The Morgan fingerprint density at radius 2 is 0.682 bits per heavy atom. The Labute approximate surface area is 143 Å². The Morgan fingerprint density at radius 1 is 0.500 bits per heavy atom. The third-order valence-corrected chi connectivity index (χ3v) is 6.90. The Morgan fingerprint density at radius 3 is 0.773 bits per heavy atom. The van der Waals surface area contributed by atoms with Gasteiger partial charge < -0.3 is 0 Å². The largest absolute Gasteiger partial charge is 0.0716 e. The van der Waals surface area contributed by atoms with E-state index in [0.717, 1.165) is 11.8 Å². The molecule has 0 heteroatoms. The van der Waals surface area contributed by atoms with Crippen LogP contribution in [0.5, 0.6) is 0 Å². The first-order valence-electron chi connectivity index (χ1n) is 9.27. The molecule has 0 radical (unpaired) electrons. The zero-order chi connectivity index (χ0) is 18.5. The lowest BCUT2D eigenvalue weighted by Crippen LogP contribution is -2.40. The summed E-state index contributed by atoms with van der Waals surface area (Å²) in [5.41, 5.74) is 3.94. The van der Waals surface area contributed by atoms with Crippen LogP contribution in [0.4, 0.5) is 0 Å². The van der Waals surface area contributed by atoms with Crippen molar-refractivity contribution in [1.29, 1.82) is 0 Å². The molecule has 0 spiro atoms. The van der Waals surface area contributed by atoms with Crippen LogP contribution in [0.15, 0.2) is 11.1 Å². The second-order valence-corrected chi connectivity index (χ2v) is 9.43. The zero-order valence-corrected chi connectivity index (χ0v) is 18.3. The van der Waals surface area contributed by atoms with Crippen molar-refractivity contribution in [2.75, 3.05) is 0 Å². The lowest BCUT2D eigenvalue weighted by atomic mass is 9.57. The van der Waals surface area contributed by atoms with Crippen LogP contribution < -0.4 is 0 Å². The van der Waals surface area contributed by atoms with Gasteiger partial charge in [-0.1, -0.05) is 94.2 Å². The van der Waals surface area contributed by atoms with Crippen LogP contribution in [0.1, 0.15) is 96.9 Å². The number of rotatable bonds is 5. The van der Waals surface area contributed by atoms with Gasteiger partial charge in [0.1, 0.15) is 0 Å². The maximum absolute atomic E-state index is 2.39. The van der Waals surface area contributed by atoms with E-state index in [-0.39, 0.29) is 0 Å². The van der Waals surface area contributed by atoms with Gasteiger partial charge in [0.25, 0.3) is 0 Å². The summed E-state index contributed by atoms with van der Waals surface area (Å²) in [6.45, 7) is 32.3. The van der Waals surface area contributed by atoms with Gasteiger partial charge in [-0.2, -0.15) is 0 Å². The molecule has 0 saturated heterocycles. The second-order valence-electron chi connectivity index (χ2n) is 9.43. The molecular formula is C22H46. The van der Waals surface area contributed by atoms with Crippen LogP contribution in [0.3, 0.4) is 0 Å². The van der Waals surface area contributed by atoms with Crippen LogP contribution in [0.25, 0.3) is 0 Å². The van der Waals surface area contributed by atoms with Crippen molar-refractivity contribution < 1.29 is 0 Å². The summed E-state index contributed by atoms with van der Waals surface area (Å²) in [4.78, 5) is 0. The van der Waals surface area contributed by atoms with Gasteiger partial charge in [-0.25, -0.2) is 0 Å². The summed E-state index contributed by atoms with van der Waals surface area (Å²) in [6, 6.07) is 0. The molecule has 134 valence electrons. The van der Waals surface area contributed by atoms with Crippen LogP contribution in [-0.4, -0.2) is 0 Å². The first-order chi connectivity index (χ1) is 9.60. The van der Waals surface area contributed by atoms with Crippen molar-refractivity contribution in [2.45, 2.75) is 96.9 Å². The SMILES string of the molecule is C/C(=C(\C)C(C)C)C(C)C.CC(C)C(C)(C)C(C)(C)C(C)C. The lowest BCUT2D eigenvalue weighted by Gasteiger charge is -2.48. The van der Waals surface area contributed by atoms with E-state index in [9.17, 15) is 0 Å². The van der Waals surface area contributed by atoms with Crippen molar-refractivity contribution in [2.24, 2.45) is 34.5 Å². The van der Waals surface area contributed by atoms with E-state index in [2.05, 4.69) is 96.9 Å². The fourth-order valence-corrected chi connectivity index (χ4v) is 2.40. The molecule has 0 aromatic carbocycles. The highest BCUT2D eigenvalue weighted by molar-refractivity contribution is 5.13. The van der Waals surface area contributed by atoms with Crippen molar-refractivity contribution in [3.05, 3.63) is 11.1 Å². The third-order valence-electron chi connectivity index (χ3n) is 6.90. The minimum absolute atomic E-state index is 0.418. The zero-order valence-electron chi connectivity index (χ0n) is 18.3. The molecule has 0 amide bonds. The topological polar surface area (TPSA) is 0 Å². The fraction of sp³-hybridized carbons (Fsp3) is 0.909. The maximum Gasteiger partial charge on any atom is -0.0260 e. The Bertz CT molecular complexity index is 301. The molecule has 22 heavy (non-hydrogen) atoms. The van der Waals surface area contributed by atoms with Gasteiger partial charge in [0.2, 0.25) is 0 Å². The summed E-state index contributed by atoms with van der Waals surface area (Å²) in [6.07, 6.45) is 0. The Kier molecular flexibility index (Phi) is 9.97. The average Bonchev–Trinajstić information content (AvgIpc) is 2.36. The first-order valence-corrected chi connectivity index (χ1v) is 9.27. The number of allylic oxidation sites excluding steroid dienone is 2. The molecule has 0 aromatic rings. The molecule has 0 bridgehead atoms. The summed E-state index contributed by atoms with van der Waals surface area (Å²) >= 11 is 0. The normalized spacial score (nSPS) is 14.5. The van der Waals surface area contributed by atoms with E-state index >= 15 is 0 Å². The highest BCUT2D eigenvalue weighted by Gasteiger charge is 2.41. The van der Waals surface area contributed by atoms with E-state index < -0.39 is 0 Å². The van der Waals surface area contributed by atoms with Gasteiger partial charge in [-0.15, -0.1) is 0 Å². The molecule has 0 saturated carbocycles. The van der Waals surface area contributed by atoms with Crippen molar-refractivity contribution >= 4 is 0 Å². The molecule has 0 unspecified atom stereocenters. The van der Waals surface area contributed by atoms with Gasteiger partial charge in [-0.3, -0.25) is 0 Å². The first kappa shape index (κ1) is 24.0. The predicted octanol–water partition coefficient (Wildman–Crippen LogP) is 7.99. The summed E-state index contributed by atoms with van der Waals surface area (Å²) < 4.78 is 0. The quantitative estimate of drug-likeness (QED) is 0.451. The molecule has 0 N–H and O–H groups in total. The number of hydrogen-bond acceptors (Lipinski definition) is 0. The molecule has 0 rings (SSSR count). The van der Waals surface area contributed by atoms with Crippen molar-refractivity contribution in [3.8, 4) is 0 Å². The van der Waals surface area contributed by atoms with Gasteiger partial charge in [0, 0.05) is 0 Å². The number of hydrogen-bond donors (Lipinski definition) is 0. The van der Waals surface area contributed by atoms with E-state index in [1.165, 1.54) is 0 Å². The van der Waals surface area contributed by atoms with Gasteiger partial charge in [0.05, 0.1) is 0 Å². The van der Waals surface area contributed by atoms with Gasteiger partial charge in [0.15, 0.2) is 0 Å². The summed E-state index contributed by atoms with van der Waals surface area (Å²) in [5.74, 6) is 2.91. The molecule has 0 aliphatic rings. The smallest absolute Gasteiger partial charge is 0.0260 e. The third kappa shape index (κ3) is 6.47. The highest BCUT2D eigenvalue weighted by Crippen LogP contribution is 2.48. The van der Waals surface area contributed by atoms with Crippen LogP contribution in [0.2, 0.25) is 0 Å². The van der Waals surface area contributed by atoms with Crippen molar-refractivity contribution in [3.63, 3.8) is 0 Å². The van der Waals surface area contributed by atoms with Crippen molar-refractivity contribution in [1.82, 2.24) is 0 Å². The maximum atomic E-state index is 2.39. The van der Waals surface area contributed by atoms with Gasteiger partial charge in [-0.05, 0) is 48.3 Å². The van der Waals surface area contributed by atoms with Crippen LogP contribution >= 0.6 is 0 Å². The Balaban J connectivity index is 0. The van der Waals surface area contributed by atoms with Crippen LogP contribution in [-0.2, 0) is 0 Å². The average molecular weight is 311 g/mol.